The number of unbranched alkanes of at least 4 members (excludes halogenated alkanes) is 1. The topological polar surface area (TPSA) is 45.2 Å². The number of nitrogens with zero attached hydrogens (tertiary/aromatic N) is 2. The van der Waals surface area contributed by atoms with Crippen LogP contribution in [0, 0.1) is 0 Å². The highest BCUT2D eigenvalue weighted by atomic mass is 16.1. The Hall–Kier alpha value is -3.24. The molecule has 4 rings (SSSR count). The Bertz CT molecular complexity index is 1170. The van der Waals surface area contributed by atoms with Gasteiger partial charge in [-0.15, -0.1) is 0 Å². The minimum Gasteiger partial charge on any atom is -0.352 e. The lowest BCUT2D eigenvalue weighted by molar-refractivity contribution is 0.0954. The van der Waals surface area contributed by atoms with Crippen molar-refractivity contribution in [3.8, 4) is 11.1 Å². The van der Waals surface area contributed by atoms with E-state index in [0.717, 1.165) is 52.3 Å². The Morgan fingerprint density at radius 2 is 1.60 bits per heavy atom. The van der Waals surface area contributed by atoms with Crippen molar-refractivity contribution < 1.29 is 4.79 Å². The zero-order valence-corrected chi connectivity index (χ0v) is 17.6. The number of hydrogen-bond acceptors (Lipinski definition) is 3. The molecule has 0 spiro atoms. The van der Waals surface area contributed by atoms with Gasteiger partial charge in [0.1, 0.15) is 0 Å². The summed E-state index contributed by atoms with van der Waals surface area (Å²) in [5, 5.41) is 5.17. The van der Waals surface area contributed by atoms with E-state index in [0.29, 0.717) is 12.1 Å². The fraction of sp³-hybridized carbons (Fsp3) is 0.231. The van der Waals surface area contributed by atoms with Gasteiger partial charge in [0.05, 0.1) is 16.6 Å². The van der Waals surface area contributed by atoms with Gasteiger partial charge in [0.15, 0.2) is 0 Å². The molecule has 1 N–H and O–H groups in total. The van der Waals surface area contributed by atoms with E-state index < -0.39 is 0 Å². The van der Waals surface area contributed by atoms with Crippen LogP contribution in [0.5, 0.6) is 0 Å². The molecule has 0 unspecified atom stereocenters. The second-order valence-electron chi connectivity index (χ2n) is 7.84. The van der Waals surface area contributed by atoms with Crippen LogP contribution >= 0.6 is 0 Å². The molecule has 1 heterocycles. The monoisotopic (exact) mass is 397 g/mol. The van der Waals surface area contributed by atoms with Crippen molar-refractivity contribution in [1.82, 2.24) is 15.2 Å². The second-order valence-corrected chi connectivity index (χ2v) is 7.84. The fourth-order valence-electron chi connectivity index (χ4n) is 3.86. The van der Waals surface area contributed by atoms with E-state index in [1.807, 2.05) is 48.5 Å². The van der Waals surface area contributed by atoms with Crippen molar-refractivity contribution in [3.05, 3.63) is 78.4 Å². The van der Waals surface area contributed by atoms with Crippen LogP contribution in [0.2, 0.25) is 0 Å². The van der Waals surface area contributed by atoms with Crippen molar-refractivity contribution in [2.24, 2.45) is 0 Å². The molecule has 1 aromatic heterocycles. The lowest BCUT2D eigenvalue weighted by atomic mass is 9.94. The molecule has 0 saturated heterocycles. The van der Waals surface area contributed by atoms with Crippen LogP contribution in [-0.4, -0.2) is 43.0 Å². The van der Waals surface area contributed by atoms with E-state index >= 15 is 0 Å². The number of fused-ring (bicyclic) bond motifs is 2. The summed E-state index contributed by atoms with van der Waals surface area (Å²) in [6.45, 7) is 1.69. The summed E-state index contributed by atoms with van der Waals surface area (Å²) in [7, 11) is 4.13. The predicted molar refractivity (Wildman–Crippen MR) is 125 cm³/mol. The van der Waals surface area contributed by atoms with Gasteiger partial charge in [-0.3, -0.25) is 4.79 Å². The third kappa shape index (κ3) is 4.19. The van der Waals surface area contributed by atoms with Gasteiger partial charge in [-0.05, 0) is 51.2 Å². The van der Waals surface area contributed by atoms with E-state index in [1.54, 1.807) is 0 Å². The summed E-state index contributed by atoms with van der Waals surface area (Å²) >= 11 is 0. The van der Waals surface area contributed by atoms with Gasteiger partial charge in [0.2, 0.25) is 0 Å². The first-order valence-electron chi connectivity index (χ1n) is 10.4. The number of carbonyl (C=O) groups is 1. The number of amides is 1. The molecule has 1 amide bonds. The van der Waals surface area contributed by atoms with Gasteiger partial charge >= 0.3 is 0 Å². The Labute approximate surface area is 177 Å². The van der Waals surface area contributed by atoms with Crippen LogP contribution in [0.3, 0.4) is 0 Å². The Morgan fingerprint density at radius 1 is 0.867 bits per heavy atom. The number of para-hydroxylation sites is 2. The van der Waals surface area contributed by atoms with Crippen molar-refractivity contribution >= 4 is 27.7 Å². The highest BCUT2D eigenvalue weighted by molar-refractivity contribution is 6.15. The molecular weight excluding hydrogens is 370 g/mol. The molecule has 152 valence electrons. The molecule has 4 nitrogen and oxygen atoms in total. The quantitative estimate of drug-likeness (QED) is 0.347. The molecule has 0 radical (unpaired) electrons. The largest absolute Gasteiger partial charge is 0.352 e. The average molecular weight is 398 g/mol. The zero-order chi connectivity index (χ0) is 20.9. The van der Waals surface area contributed by atoms with E-state index in [9.17, 15) is 4.79 Å². The lowest BCUT2D eigenvalue weighted by Crippen LogP contribution is -2.25. The fourth-order valence-corrected chi connectivity index (χ4v) is 3.86. The van der Waals surface area contributed by atoms with Crippen LogP contribution in [0.15, 0.2) is 72.8 Å². The number of pyridine rings is 1. The van der Waals surface area contributed by atoms with Crippen molar-refractivity contribution in [1.29, 1.82) is 0 Å². The molecule has 0 fully saturated rings. The van der Waals surface area contributed by atoms with E-state index in [-0.39, 0.29) is 5.91 Å². The van der Waals surface area contributed by atoms with Crippen molar-refractivity contribution in [3.63, 3.8) is 0 Å². The SMILES string of the molecule is CN(C)CCCCNC(=O)c1cccc2c(-c3ccccc3)c3ccccc3nc12. The molecule has 0 aliphatic heterocycles. The van der Waals surface area contributed by atoms with Crippen LogP contribution < -0.4 is 5.32 Å². The molecule has 4 aromatic rings. The second kappa shape index (κ2) is 9.06. The number of carbonyl (C=O) groups excluding carboxylic acids is 1. The van der Waals surface area contributed by atoms with Gasteiger partial charge in [0.25, 0.3) is 5.91 Å². The van der Waals surface area contributed by atoms with Gasteiger partial charge in [-0.1, -0.05) is 60.7 Å². The summed E-state index contributed by atoms with van der Waals surface area (Å²) in [6, 6.07) is 24.3. The van der Waals surface area contributed by atoms with E-state index in [4.69, 9.17) is 4.98 Å². The normalized spacial score (nSPS) is 11.3. The van der Waals surface area contributed by atoms with Crippen LogP contribution in [-0.2, 0) is 0 Å². The molecular formula is C26H27N3O. The maximum atomic E-state index is 13.0. The number of benzene rings is 3. The first kappa shape index (κ1) is 20.0. The summed E-state index contributed by atoms with van der Waals surface area (Å²) in [6.07, 6.45) is 2.02. The third-order valence-electron chi connectivity index (χ3n) is 5.34. The number of aromatic nitrogens is 1. The summed E-state index contributed by atoms with van der Waals surface area (Å²) in [5.41, 5.74) is 4.53. The van der Waals surface area contributed by atoms with Crippen LogP contribution in [0.4, 0.5) is 0 Å². The van der Waals surface area contributed by atoms with Gasteiger partial charge < -0.3 is 10.2 Å². The minimum atomic E-state index is -0.0627. The van der Waals surface area contributed by atoms with Crippen LogP contribution in [0.25, 0.3) is 32.9 Å². The molecule has 0 aliphatic rings. The minimum absolute atomic E-state index is 0.0627. The number of nitrogens with one attached hydrogen (secondary N) is 1. The number of rotatable bonds is 7. The van der Waals surface area contributed by atoms with Gasteiger partial charge in [-0.2, -0.15) is 0 Å². The highest BCUT2D eigenvalue weighted by Gasteiger charge is 2.16. The first-order chi connectivity index (χ1) is 14.6. The molecule has 0 aliphatic carbocycles. The lowest BCUT2D eigenvalue weighted by Gasteiger charge is -2.14. The smallest absolute Gasteiger partial charge is 0.253 e. The van der Waals surface area contributed by atoms with Crippen molar-refractivity contribution in [2.75, 3.05) is 27.2 Å². The van der Waals surface area contributed by atoms with Gasteiger partial charge in [0, 0.05) is 22.9 Å². The zero-order valence-electron chi connectivity index (χ0n) is 17.6. The van der Waals surface area contributed by atoms with E-state index in [2.05, 4.69) is 48.6 Å². The molecule has 0 saturated carbocycles. The molecule has 0 atom stereocenters. The summed E-state index contributed by atoms with van der Waals surface area (Å²) in [4.78, 5) is 20.0. The van der Waals surface area contributed by atoms with Crippen molar-refractivity contribution in [2.45, 2.75) is 12.8 Å². The summed E-state index contributed by atoms with van der Waals surface area (Å²) < 4.78 is 0. The predicted octanol–water partition coefficient (Wildman–Crippen LogP) is 5.13. The molecule has 30 heavy (non-hydrogen) atoms. The molecule has 4 heteroatoms. The first-order valence-corrected chi connectivity index (χ1v) is 10.4. The van der Waals surface area contributed by atoms with Crippen LogP contribution in [0.1, 0.15) is 23.2 Å². The number of hydrogen-bond donors (Lipinski definition) is 1. The standard InChI is InChI=1S/C26H27N3O/c1-29(2)18-9-8-17-27-26(30)22-15-10-14-21-24(19-11-4-3-5-12-19)20-13-6-7-16-23(20)28-25(21)22/h3-7,10-16H,8-9,17-18H2,1-2H3,(H,27,30). The van der Waals surface area contributed by atoms with Gasteiger partial charge in [-0.25, -0.2) is 4.98 Å². The summed E-state index contributed by atoms with van der Waals surface area (Å²) in [5.74, 6) is -0.0627. The van der Waals surface area contributed by atoms with E-state index in [1.165, 1.54) is 0 Å². The Kier molecular flexibility index (Phi) is 6.05. The molecule has 3 aromatic carbocycles. The maximum absolute atomic E-state index is 13.0. The molecule has 0 bridgehead atoms. The maximum Gasteiger partial charge on any atom is 0.253 e. The Balaban J connectivity index is 1.74. The highest BCUT2D eigenvalue weighted by Crippen LogP contribution is 2.35. The third-order valence-corrected chi connectivity index (χ3v) is 5.34. The Morgan fingerprint density at radius 3 is 2.40 bits per heavy atom. The average Bonchev–Trinajstić information content (AvgIpc) is 2.77.